The highest BCUT2D eigenvalue weighted by molar-refractivity contribution is 6.03. The van der Waals surface area contributed by atoms with Gasteiger partial charge in [-0.15, -0.1) is 0 Å². The number of piperidine rings is 1. The van der Waals surface area contributed by atoms with Gasteiger partial charge in [-0.2, -0.15) is 0 Å². The summed E-state index contributed by atoms with van der Waals surface area (Å²) in [6.07, 6.45) is 2.13. The molecule has 0 saturated carbocycles. The molecule has 172 valence electrons. The molecular formula is C27H31N3O3. The number of anilines is 2. The number of fused-ring (bicyclic) bond motifs is 2. The maximum atomic E-state index is 13.1. The number of rotatable bonds is 4. The number of carbonyl (C=O) groups excluding carboxylic acids is 1. The second kappa shape index (κ2) is 7.94. The van der Waals surface area contributed by atoms with Crippen molar-refractivity contribution in [3.8, 4) is 0 Å². The average Bonchev–Trinajstić information content (AvgIpc) is 3.15. The van der Waals surface area contributed by atoms with Crippen LogP contribution in [0.15, 0.2) is 45.6 Å². The van der Waals surface area contributed by atoms with Gasteiger partial charge in [-0.1, -0.05) is 32.0 Å². The van der Waals surface area contributed by atoms with E-state index in [0.717, 1.165) is 48.3 Å². The minimum atomic E-state index is -0.161. The van der Waals surface area contributed by atoms with Gasteiger partial charge in [0, 0.05) is 37.0 Å². The minimum absolute atomic E-state index is 0.0202. The SMILES string of the molecule is Cc1cc(C(C)Nc2cccc3c2C(=O)NC3)c2oc(N3CCC(C)(C)CC3)cc(=O)c2c1. The fourth-order valence-corrected chi connectivity index (χ4v) is 4.94. The number of hydrogen-bond acceptors (Lipinski definition) is 5. The molecule has 3 aromatic rings. The molecule has 33 heavy (non-hydrogen) atoms. The summed E-state index contributed by atoms with van der Waals surface area (Å²) >= 11 is 0. The average molecular weight is 446 g/mol. The number of benzene rings is 2. The second-order valence-electron chi connectivity index (χ2n) is 10.2. The quantitative estimate of drug-likeness (QED) is 0.581. The Bertz CT molecular complexity index is 1300. The van der Waals surface area contributed by atoms with Crippen LogP contribution in [-0.2, 0) is 6.54 Å². The van der Waals surface area contributed by atoms with E-state index in [1.165, 1.54) is 0 Å². The first-order valence-corrected chi connectivity index (χ1v) is 11.7. The predicted molar refractivity (Wildman–Crippen MR) is 132 cm³/mol. The van der Waals surface area contributed by atoms with Gasteiger partial charge in [0.15, 0.2) is 11.3 Å². The second-order valence-corrected chi connectivity index (χ2v) is 10.2. The van der Waals surface area contributed by atoms with Gasteiger partial charge in [-0.25, -0.2) is 0 Å². The molecule has 2 N–H and O–H groups in total. The third-order valence-corrected chi connectivity index (χ3v) is 7.07. The summed E-state index contributed by atoms with van der Waals surface area (Å²) < 4.78 is 6.42. The van der Waals surface area contributed by atoms with Crippen molar-refractivity contribution in [2.75, 3.05) is 23.3 Å². The Morgan fingerprint density at radius 1 is 1.12 bits per heavy atom. The predicted octanol–water partition coefficient (Wildman–Crippen LogP) is 5.14. The smallest absolute Gasteiger partial charge is 0.253 e. The summed E-state index contributed by atoms with van der Waals surface area (Å²) in [6.45, 7) is 10.9. The summed E-state index contributed by atoms with van der Waals surface area (Å²) in [5.74, 6) is 0.580. The molecule has 2 aromatic carbocycles. The largest absolute Gasteiger partial charge is 0.440 e. The van der Waals surface area contributed by atoms with Crippen LogP contribution in [0.2, 0.25) is 0 Å². The van der Waals surface area contributed by atoms with Gasteiger partial charge in [0.2, 0.25) is 0 Å². The van der Waals surface area contributed by atoms with Crippen molar-refractivity contribution in [1.82, 2.24) is 5.32 Å². The van der Waals surface area contributed by atoms with Gasteiger partial charge in [-0.3, -0.25) is 9.59 Å². The zero-order valence-electron chi connectivity index (χ0n) is 19.7. The molecule has 1 amide bonds. The van der Waals surface area contributed by atoms with Crippen LogP contribution in [0.1, 0.15) is 66.7 Å². The number of amides is 1. The Labute approximate surface area is 194 Å². The van der Waals surface area contributed by atoms with E-state index in [9.17, 15) is 9.59 Å². The third kappa shape index (κ3) is 3.99. The Hall–Kier alpha value is -3.28. The number of nitrogens with one attached hydrogen (secondary N) is 2. The van der Waals surface area contributed by atoms with Crippen LogP contribution >= 0.6 is 0 Å². The number of carbonyl (C=O) groups is 1. The van der Waals surface area contributed by atoms with Crippen molar-refractivity contribution >= 4 is 28.4 Å². The molecule has 2 aliphatic rings. The molecule has 1 saturated heterocycles. The standard InChI is InChI=1S/C27H31N3O3/c1-16-12-19(17(2)29-21-7-5-6-18-15-28-26(32)24(18)21)25-20(13-16)22(31)14-23(33-25)30-10-8-27(3,4)9-11-30/h5-7,12-14,17,29H,8-11,15H2,1-4H3,(H,28,32). The van der Waals surface area contributed by atoms with Gasteiger partial charge >= 0.3 is 0 Å². The molecule has 0 bridgehead atoms. The van der Waals surface area contributed by atoms with Crippen molar-refractivity contribution in [1.29, 1.82) is 0 Å². The molecule has 1 fully saturated rings. The lowest BCUT2D eigenvalue weighted by molar-refractivity contribution is 0.0966. The molecular weight excluding hydrogens is 414 g/mol. The normalized spacial score (nSPS) is 18.2. The highest BCUT2D eigenvalue weighted by Gasteiger charge is 2.28. The van der Waals surface area contributed by atoms with Crippen molar-refractivity contribution in [3.05, 3.63) is 68.9 Å². The summed E-state index contributed by atoms with van der Waals surface area (Å²) in [7, 11) is 0. The highest BCUT2D eigenvalue weighted by Crippen LogP contribution is 2.35. The van der Waals surface area contributed by atoms with Crippen LogP contribution in [0.3, 0.4) is 0 Å². The molecule has 2 aliphatic heterocycles. The van der Waals surface area contributed by atoms with E-state index in [1.54, 1.807) is 6.07 Å². The Kier molecular flexibility index (Phi) is 5.19. The Balaban J connectivity index is 1.54. The lowest BCUT2D eigenvalue weighted by Gasteiger charge is -2.37. The summed E-state index contributed by atoms with van der Waals surface area (Å²) in [5.41, 5.74) is 5.31. The van der Waals surface area contributed by atoms with Crippen LogP contribution < -0.4 is 21.0 Å². The first-order chi connectivity index (χ1) is 15.7. The van der Waals surface area contributed by atoms with Crippen LogP contribution in [0.5, 0.6) is 0 Å². The number of aryl methyl sites for hydroxylation is 1. The van der Waals surface area contributed by atoms with Crippen LogP contribution in [0, 0.1) is 12.3 Å². The van der Waals surface area contributed by atoms with Crippen molar-refractivity contribution in [2.45, 2.75) is 53.1 Å². The molecule has 5 rings (SSSR count). The summed E-state index contributed by atoms with van der Waals surface area (Å²) in [5, 5.41) is 6.98. The van der Waals surface area contributed by atoms with E-state index in [4.69, 9.17) is 4.42 Å². The van der Waals surface area contributed by atoms with Crippen LogP contribution in [-0.4, -0.2) is 19.0 Å². The molecule has 1 unspecified atom stereocenters. The molecule has 0 spiro atoms. The first kappa shape index (κ1) is 21.6. The van der Waals surface area contributed by atoms with E-state index in [1.807, 2.05) is 38.1 Å². The molecule has 3 heterocycles. The van der Waals surface area contributed by atoms with Crippen molar-refractivity contribution in [3.63, 3.8) is 0 Å². The fourth-order valence-electron chi connectivity index (χ4n) is 4.94. The van der Waals surface area contributed by atoms with Gasteiger partial charge in [-0.05, 0) is 55.4 Å². The van der Waals surface area contributed by atoms with E-state index in [-0.39, 0.29) is 17.4 Å². The third-order valence-electron chi connectivity index (χ3n) is 7.07. The maximum absolute atomic E-state index is 13.1. The van der Waals surface area contributed by atoms with E-state index >= 15 is 0 Å². The van der Waals surface area contributed by atoms with Crippen LogP contribution in [0.4, 0.5) is 11.6 Å². The molecule has 6 nitrogen and oxygen atoms in total. The zero-order valence-corrected chi connectivity index (χ0v) is 19.7. The van der Waals surface area contributed by atoms with E-state index in [2.05, 4.69) is 35.4 Å². The lowest BCUT2D eigenvalue weighted by atomic mass is 9.83. The van der Waals surface area contributed by atoms with Gasteiger partial charge in [0.1, 0.15) is 5.58 Å². The molecule has 0 aliphatic carbocycles. The summed E-state index contributed by atoms with van der Waals surface area (Å²) in [6, 6.07) is 11.3. The van der Waals surface area contributed by atoms with Gasteiger partial charge in [0.05, 0.1) is 17.0 Å². The lowest BCUT2D eigenvalue weighted by Crippen LogP contribution is -2.37. The Morgan fingerprint density at radius 2 is 1.88 bits per heavy atom. The number of hydrogen-bond donors (Lipinski definition) is 2. The van der Waals surface area contributed by atoms with E-state index < -0.39 is 0 Å². The molecule has 6 heteroatoms. The molecule has 0 radical (unpaired) electrons. The van der Waals surface area contributed by atoms with Crippen molar-refractivity contribution in [2.24, 2.45) is 5.41 Å². The van der Waals surface area contributed by atoms with Crippen LogP contribution in [0.25, 0.3) is 11.0 Å². The minimum Gasteiger partial charge on any atom is -0.440 e. The monoisotopic (exact) mass is 445 g/mol. The van der Waals surface area contributed by atoms with Crippen molar-refractivity contribution < 1.29 is 9.21 Å². The summed E-state index contributed by atoms with van der Waals surface area (Å²) in [4.78, 5) is 27.6. The topological polar surface area (TPSA) is 74.6 Å². The molecule has 1 atom stereocenters. The number of nitrogens with zero attached hydrogens (tertiary/aromatic N) is 1. The zero-order chi connectivity index (χ0) is 23.3. The van der Waals surface area contributed by atoms with Gasteiger partial charge < -0.3 is 20.0 Å². The Morgan fingerprint density at radius 3 is 2.64 bits per heavy atom. The van der Waals surface area contributed by atoms with E-state index in [0.29, 0.717) is 34.4 Å². The first-order valence-electron chi connectivity index (χ1n) is 11.7. The molecule has 1 aromatic heterocycles. The highest BCUT2D eigenvalue weighted by atomic mass is 16.4. The maximum Gasteiger partial charge on any atom is 0.253 e. The fraction of sp³-hybridized carbons (Fsp3) is 0.407. The van der Waals surface area contributed by atoms with Gasteiger partial charge in [0.25, 0.3) is 5.91 Å².